The van der Waals surface area contributed by atoms with E-state index in [9.17, 15) is 0 Å². The Labute approximate surface area is 97.0 Å². The average Bonchev–Trinajstić information content (AvgIpc) is 1.90. The third-order valence-electron chi connectivity index (χ3n) is 1.34. The molecule has 0 bridgehead atoms. The molecule has 0 atom stereocenters. The van der Waals surface area contributed by atoms with Crippen molar-refractivity contribution in [2.24, 2.45) is 0 Å². The zero-order valence-corrected chi connectivity index (χ0v) is 10.8. The zero-order chi connectivity index (χ0) is 6.69. The van der Waals surface area contributed by atoms with Crippen molar-refractivity contribution in [3.8, 4) is 5.75 Å². The van der Waals surface area contributed by atoms with Crippen LogP contribution in [-0.4, -0.2) is 5.11 Å². The first-order chi connectivity index (χ1) is 4.33. The molecule has 1 aromatic rings. The van der Waals surface area contributed by atoms with E-state index in [0.29, 0.717) is 5.75 Å². The maximum Gasteiger partial charge on any atom is 0.115 e. The molecule has 0 amide bonds. The number of benzene rings is 1. The summed E-state index contributed by atoms with van der Waals surface area (Å²) in [5.74, 6) is 0.340. The van der Waals surface area contributed by atoms with Crippen molar-refractivity contribution in [3.05, 3.63) is 29.8 Å². The van der Waals surface area contributed by atoms with Crippen LogP contribution in [0.1, 0.15) is 12.5 Å². The molecule has 1 N–H and O–H groups in total. The molecule has 0 aliphatic carbocycles. The second-order valence-electron chi connectivity index (χ2n) is 2.02. The van der Waals surface area contributed by atoms with Gasteiger partial charge in [-0.2, -0.15) is 0 Å². The van der Waals surface area contributed by atoms with Crippen LogP contribution in [0.15, 0.2) is 24.3 Å². The van der Waals surface area contributed by atoms with Crippen LogP contribution in [0.4, 0.5) is 0 Å². The maximum atomic E-state index is 8.85. The first kappa shape index (κ1) is 10.5. The normalized spacial score (nSPS) is 8.50. The minimum absolute atomic E-state index is 0. The van der Waals surface area contributed by atoms with E-state index in [2.05, 4.69) is 6.92 Å². The molecule has 1 nitrogen and oxygen atoms in total. The maximum absolute atomic E-state index is 8.85. The molecule has 0 fully saturated rings. The number of aryl methyl sites for hydroxylation is 1. The van der Waals surface area contributed by atoms with Gasteiger partial charge in [-0.25, -0.2) is 0 Å². The van der Waals surface area contributed by atoms with Gasteiger partial charge in [0.2, 0.25) is 0 Å². The number of hydrogen-bond donors (Lipinski definition) is 1. The first-order valence-corrected chi connectivity index (χ1v) is 3.11. The summed E-state index contributed by atoms with van der Waals surface area (Å²) >= 11 is 0. The molecule has 0 unspecified atom stereocenters. The zero-order valence-electron chi connectivity index (χ0n) is 6.04. The van der Waals surface area contributed by atoms with E-state index in [-0.39, 0.29) is 44.1 Å². The van der Waals surface area contributed by atoms with Gasteiger partial charge >= 0.3 is 0 Å². The number of phenolic OH excluding ortho intramolecular Hbond substituents is 1. The topological polar surface area (TPSA) is 20.2 Å². The molecule has 0 saturated heterocycles. The summed E-state index contributed by atoms with van der Waals surface area (Å²) in [4.78, 5) is 0. The second-order valence-corrected chi connectivity index (χ2v) is 2.02. The van der Waals surface area contributed by atoms with E-state index in [0.717, 1.165) is 6.42 Å². The Morgan fingerprint density at radius 3 is 2.10 bits per heavy atom. The van der Waals surface area contributed by atoms with Gasteiger partial charge in [-0.15, -0.1) is 0 Å². The standard InChI is InChI=1S/C8H10O.Ac/c1-2-7-3-5-8(9)6-4-7;/h3-6,9H,2H2,1H3;. The van der Waals surface area contributed by atoms with Crippen LogP contribution in [-0.2, 0) is 6.42 Å². The first-order valence-electron chi connectivity index (χ1n) is 3.11. The van der Waals surface area contributed by atoms with Crippen molar-refractivity contribution < 1.29 is 49.2 Å². The van der Waals surface area contributed by atoms with Gasteiger partial charge in [0.15, 0.2) is 0 Å². The summed E-state index contributed by atoms with van der Waals surface area (Å²) in [6.45, 7) is 2.09. The molecule has 51 valence electrons. The Morgan fingerprint density at radius 2 is 1.70 bits per heavy atom. The molecule has 10 heavy (non-hydrogen) atoms. The quantitative estimate of drug-likeness (QED) is 0.822. The van der Waals surface area contributed by atoms with Gasteiger partial charge in [-0.1, -0.05) is 19.1 Å². The van der Waals surface area contributed by atoms with E-state index < -0.39 is 0 Å². The minimum atomic E-state index is 0. The van der Waals surface area contributed by atoms with Gasteiger partial charge < -0.3 is 5.11 Å². The Balaban J connectivity index is 0.000000810. The van der Waals surface area contributed by atoms with Crippen LogP contribution in [0.25, 0.3) is 0 Å². The van der Waals surface area contributed by atoms with Crippen LogP contribution < -0.4 is 0 Å². The van der Waals surface area contributed by atoms with Crippen LogP contribution in [0.5, 0.6) is 5.75 Å². The largest absolute Gasteiger partial charge is 0.508 e. The van der Waals surface area contributed by atoms with E-state index in [1.54, 1.807) is 12.1 Å². The predicted octanol–water partition coefficient (Wildman–Crippen LogP) is 1.95. The molecule has 0 aliphatic rings. The van der Waals surface area contributed by atoms with E-state index >= 15 is 0 Å². The van der Waals surface area contributed by atoms with E-state index in [1.165, 1.54) is 5.56 Å². The molecule has 0 aromatic heterocycles. The average molecular weight is 349 g/mol. The molecular weight excluding hydrogens is 339 g/mol. The summed E-state index contributed by atoms with van der Waals surface area (Å²) < 4.78 is 0. The van der Waals surface area contributed by atoms with Crippen LogP contribution in [0.2, 0.25) is 0 Å². The van der Waals surface area contributed by atoms with Crippen LogP contribution in [0, 0.1) is 44.1 Å². The van der Waals surface area contributed by atoms with Crippen molar-refractivity contribution in [1.29, 1.82) is 0 Å². The van der Waals surface area contributed by atoms with Crippen molar-refractivity contribution in [2.45, 2.75) is 13.3 Å². The second kappa shape index (κ2) is 5.16. The molecule has 1 radical (unpaired) electrons. The number of aromatic hydroxyl groups is 1. The number of phenols is 1. The van der Waals surface area contributed by atoms with Crippen molar-refractivity contribution in [3.63, 3.8) is 0 Å². The monoisotopic (exact) mass is 349 g/mol. The van der Waals surface area contributed by atoms with Gasteiger partial charge in [-0.3, -0.25) is 0 Å². The molecule has 0 saturated carbocycles. The third kappa shape index (κ3) is 3.03. The molecule has 0 spiro atoms. The van der Waals surface area contributed by atoms with E-state index in [1.807, 2.05) is 12.1 Å². The fourth-order valence-corrected chi connectivity index (χ4v) is 0.732. The van der Waals surface area contributed by atoms with Crippen molar-refractivity contribution in [2.75, 3.05) is 0 Å². The fourth-order valence-electron chi connectivity index (χ4n) is 0.732. The predicted molar refractivity (Wildman–Crippen MR) is 37.5 cm³/mol. The minimum Gasteiger partial charge on any atom is -0.508 e. The third-order valence-corrected chi connectivity index (χ3v) is 1.34. The van der Waals surface area contributed by atoms with Crippen LogP contribution >= 0.6 is 0 Å². The summed E-state index contributed by atoms with van der Waals surface area (Å²) in [7, 11) is 0. The van der Waals surface area contributed by atoms with Gasteiger partial charge in [0.05, 0.1) is 0 Å². The summed E-state index contributed by atoms with van der Waals surface area (Å²) in [6, 6.07) is 7.27. The van der Waals surface area contributed by atoms with Gasteiger partial charge in [0.1, 0.15) is 5.75 Å². The van der Waals surface area contributed by atoms with Gasteiger partial charge in [-0.05, 0) is 24.1 Å². The molecule has 2 heteroatoms. The SMILES string of the molecule is CCc1ccc(O)cc1.[Ac]. The fraction of sp³-hybridized carbons (Fsp3) is 0.250. The Bertz CT molecular complexity index is 181. The molecule has 1 rings (SSSR count). The van der Waals surface area contributed by atoms with Crippen LogP contribution in [0.3, 0.4) is 0 Å². The smallest absolute Gasteiger partial charge is 0.115 e. The number of rotatable bonds is 1. The Hall–Kier alpha value is 0.462. The van der Waals surface area contributed by atoms with E-state index in [4.69, 9.17) is 5.11 Å². The molecule has 0 aliphatic heterocycles. The molecule has 1 aromatic carbocycles. The van der Waals surface area contributed by atoms with Crippen molar-refractivity contribution >= 4 is 0 Å². The Kier molecular flexibility index (Phi) is 5.39. The number of hydrogen-bond acceptors (Lipinski definition) is 1. The van der Waals surface area contributed by atoms with Gasteiger partial charge in [0, 0.05) is 44.1 Å². The molecule has 0 heterocycles. The van der Waals surface area contributed by atoms with Gasteiger partial charge in [0.25, 0.3) is 0 Å². The summed E-state index contributed by atoms with van der Waals surface area (Å²) in [5.41, 5.74) is 1.26. The summed E-state index contributed by atoms with van der Waals surface area (Å²) in [5, 5.41) is 8.85. The molecular formula is C8H10AcO. The Morgan fingerprint density at radius 1 is 1.20 bits per heavy atom. The van der Waals surface area contributed by atoms with Crippen molar-refractivity contribution in [1.82, 2.24) is 0 Å². The summed E-state index contributed by atoms with van der Waals surface area (Å²) in [6.07, 6.45) is 1.03.